The van der Waals surface area contributed by atoms with Gasteiger partial charge in [0, 0.05) is 5.56 Å². The van der Waals surface area contributed by atoms with E-state index >= 15 is 0 Å². The Kier molecular flexibility index (Phi) is 5.21. The first kappa shape index (κ1) is 14.6. The number of carboxylic acid groups (broad SMARTS) is 1. The largest absolute Gasteiger partial charge is 0.481 e. The van der Waals surface area contributed by atoms with Gasteiger partial charge in [0.2, 0.25) is 0 Å². The Bertz CT molecular complexity index is 425. The summed E-state index contributed by atoms with van der Waals surface area (Å²) in [4.78, 5) is 10.5. The maximum absolute atomic E-state index is 13.5. The zero-order valence-corrected chi connectivity index (χ0v) is 9.71. The molecule has 0 spiro atoms. The van der Waals surface area contributed by atoms with Crippen LogP contribution in [0.4, 0.5) is 4.39 Å². The fraction of sp³-hybridized carbons (Fsp3) is 0.417. The van der Waals surface area contributed by atoms with E-state index in [0.717, 1.165) is 6.07 Å². The first-order chi connectivity index (χ1) is 8.45. The van der Waals surface area contributed by atoms with E-state index in [2.05, 4.69) is 0 Å². The summed E-state index contributed by atoms with van der Waals surface area (Å²) in [6.45, 7) is 0.161. The molecule has 2 unspecified atom stereocenters. The molecule has 0 radical (unpaired) electrons. The summed E-state index contributed by atoms with van der Waals surface area (Å²) in [5.74, 6) is -1.74. The van der Waals surface area contributed by atoms with E-state index in [1.807, 2.05) is 0 Å². The minimum absolute atomic E-state index is 0.116. The highest BCUT2D eigenvalue weighted by molar-refractivity contribution is 5.70. The smallest absolute Gasteiger partial charge is 0.307 e. The van der Waals surface area contributed by atoms with Crippen LogP contribution in [0, 0.1) is 5.82 Å². The van der Waals surface area contributed by atoms with Gasteiger partial charge in [0.15, 0.2) is 0 Å². The van der Waals surface area contributed by atoms with Crippen molar-refractivity contribution in [3.63, 3.8) is 0 Å². The zero-order chi connectivity index (χ0) is 13.7. The number of hydrogen-bond acceptors (Lipinski definition) is 4. The van der Waals surface area contributed by atoms with Gasteiger partial charge < -0.3 is 21.1 Å². The maximum Gasteiger partial charge on any atom is 0.307 e. The van der Waals surface area contributed by atoms with Gasteiger partial charge in [-0.15, -0.1) is 0 Å². The molecule has 100 valence electrons. The van der Waals surface area contributed by atoms with Crippen LogP contribution in [0.25, 0.3) is 0 Å². The zero-order valence-electron chi connectivity index (χ0n) is 9.71. The molecule has 0 fully saturated rings. The van der Waals surface area contributed by atoms with Crippen molar-refractivity contribution in [1.82, 2.24) is 0 Å². The molecule has 1 aromatic rings. The minimum atomic E-state index is -1.41. The average molecular weight is 257 g/mol. The van der Waals surface area contributed by atoms with Crippen molar-refractivity contribution in [1.29, 1.82) is 0 Å². The van der Waals surface area contributed by atoms with Gasteiger partial charge in [0.25, 0.3) is 0 Å². The van der Waals surface area contributed by atoms with Crippen LogP contribution in [0.5, 0.6) is 0 Å². The highest BCUT2D eigenvalue weighted by atomic mass is 19.1. The van der Waals surface area contributed by atoms with Crippen LogP contribution in [0.2, 0.25) is 0 Å². The summed E-state index contributed by atoms with van der Waals surface area (Å²) in [5.41, 5.74) is 5.48. The van der Waals surface area contributed by atoms with Crippen molar-refractivity contribution in [2.24, 2.45) is 5.73 Å². The first-order valence-electron chi connectivity index (χ1n) is 5.52. The van der Waals surface area contributed by atoms with Crippen LogP contribution in [0.15, 0.2) is 18.2 Å². The summed E-state index contributed by atoms with van der Waals surface area (Å²) >= 11 is 0. The van der Waals surface area contributed by atoms with Crippen LogP contribution in [-0.4, -0.2) is 33.9 Å². The Morgan fingerprint density at radius 1 is 1.39 bits per heavy atom. The van der Waals surface area contributed by atoms with Crippen molar-refractivity contribution in [2.45, 2.75) is 25.0 Å². The fourth-order valence-electron chi connectivity index (χ4n) is 1.64. The van der Waals surface area contributed by atoms with Crippen LogP contribution in [0.3, 0.4) is 0 Å². The number of aliphatic carboxylic acids is 1. The number of aliphatic hydroxyl groups is 2. The summed E-state index contributed by atoms with van der Waals surface area (Å²) in [6.07, 6.45) is -2.73. The summed E-state index contributed by atoms with van der Waals surface area (Å²) < 4.78 is 13.5. The second kappa shape index (κ2) is 6.44. The molecule has 5 nitrogen and oxygen atoms in total. The van der Waals surface area contributed by atoms with Crippen LogP contribution < -0.4 is 5.73 Å². The third kappa shape index (κ3) is 3.76. The Morgan fingerprint density at radius 3 is 2.61 bits per heavy atom. The van der Waals surface area contributed by atoms with Gasteiger partial charge in [0.1, 0.15) is 11.9 Å². The quantitative estimate of drug-likeness (QED) is 0.582. The predicted octanol–water partition coefficient (Wildman–Crippen LogP) is 0.196. The van der Waals surface area contributed by atoms with Crippen molar-refractivity contribution in [3.8, 4) is 0 Å². The topological polar surface area (TPSA) is 104 Å². The van der Waals surface area contributed by atoms with E-state index in [0.29, 0.717) is 5.56 Å². The van der Waals surface area contributed by atoms with Gasteiger partial charge >= 0.3 is 5.97 Å². The highest BCUT2D eigenvalue weighted by Gasteiger charge is 2.21. The molecule has 6 heteroatoms. The van der Waals surface area contributed by atoms with Crippen LogP contribution in [0.1, 0.15) is 23.7 Å². The van der Waals surface area contributed by atoms with Crippen molar-refractivity contribution >= 4 is 5.97 Å². The molecule has 0 saturated carbocycles. The van der Waals surface area contributed by atoms with E-state index in [4.69, 9.17) is 10.8 Å². The lowest BCUT2D eigenvalue weighted by atomic mass is 9.98. The SMILES string of the molecule is NCCC(O)C(O)c1cc(CC(=O)O)ccc1F. The van der Waals surface area contributed by atoms with Crippen molar-refractivity contribution in [2.75, 3.05) is 6.54 Å². The van der Waals surface area contributed by atoms with Crippen molar-refractivity contribution < 1.29 is 24.5 Å². The fourth-order valence-corrected chi connectivity index (χ4v) is 1.64. The van der Waals surface area contributed by atoms with Gasteiger partial charge in [-0.05, 0) is 30.7 Å². The number of hydrogen-bond donors (Lipinski definition) is 4. The number of aliphatic hydroxyl groups excluding tert-OH is 2. The minimum Gasteiger partial charge on any atom is -0.481 e. The monoisotopic (exact) mass is 257 g/mol. The molecule has 2 atom stereocenters. The normalized spacial score (nSPS) is 14.2. The predicted molar refractivity (Wildman–Crippen MR) is 62.4 cm³/mol. The molecular weight excluding hydrogens is 241 g/mol. The number of carbonyl (C=O) groups is 1. The lowest BCUT2D eigenvalue weighted by molar-refractivity contribution is -0.136. The lowest BCUT2D eigenvalue weighted by Crippen LogP contribution is -2.22. The van der Waals surface area contributed by atoms with Gasteiger partial charge in [0.05, 0.1) is 12.5 Å². The Balaban J connectivity index is 2.95. The molecule has 0 amide bonds. The van der Waals surface area contributed by atoms with E-state index in [-0.39, 0.29) is 24.9 Å². The van der Waals surface area contributed by atoms with E-state index in [1.165, 1.54) is 12.1 Å². The molecule has 0 saturated heterocycles. The Morgan fingerprint density at radius 2 is 2.06 bits per heavy atom. The van der Waals surface area contributed by atoms with E-state index in [9.17, 15) is 19.4 Å². The summed E-state index contributed by atoms with van der Waals surface area (Å²) in [5, 5.41) is 28.0. The van der Waals surface area contributed by atoms with Gasteiger partial charge in [-0.2, -0.15) is 0 Å². The molecule has 0 aliphatic heterocycles. The molecular formula is C12H16FNO4. The molecule has 1 aromatic carbocycles. The highest BCUT2D eigenvalue weighted by Crippen LogP contribution is 2.23. The molecule has 0 heterocycles. The summed E-state index contributed by atoms with van der Waals surface area (Å²) in [6, 6.07) is 3.65. The second-order valence-electron chi connectivity index (χ2n) is 4.02. The number of rotatable bonds is 6. The molecule has 0 bridgehead atoms. The molecule has 18 heavy (non-hydrogen) atoms. The Labute approximate surface area is 104 Å². The molecule has 0 aliphatic carbocycles. The number of carboxylic acids is 1. The third-order valence-corrected chi connectivity index (χ3v) is 2.56. The van der Waals surface area contributed by atoms with Crippen LogP contribution >= 0.6 is 0 Å². The van der Waals surface area contributed by atoms with Crippen molar-refractivity contribution in [3.05, 3.63) is 35.1 Å². The molecule has 5 N–H and O–H groups in total. The van der Waals surface area contributed by atoms with Gasteiger partial charge in [-0.1, -0.05) is 6.07 Å². The van der Waals surface area contributed by atoms with E-state index < -0.39 is 24.0 Å². The number of halogens is 1. The standard InChI is InChI=1S/C12H16FNO4/c13-9-2-1-7(6-11(16)17)5-8(9)12(18)10(15)3-4-14/h1-2,5,10,12,15,18H,3-4,6,14H2,(H,16,17). The number of nitrogens with two attached hydrogens (primary N) is 1. The van der Waals surface area contributed by atoms with E-state index in [1.54, 1.807) is 0 Å². The van der Waals surface area contributed by atoms with Gasteiger partial charge in [-0.3, -0.25) is 4.79 Å². The molecule has 1 rings (SSSR count). The average Bonchev–Trinajstić information content (AvgIpc) is 2.30. The maximum atomic E-state index is 13.5. The van der Waals surface area contributed by atoms with Gasteiger partial charge in [-0.25, -0.2) is 4.39 Å². The molecule has 0 aromatic heterocycles. The number of benzene rings is 1. The van der Waals surface area contributed by atoms with Crippen LogP contribution in [-0.2, 0) is 11.2 Å². The first-order valence-corrected chi connectivity index (χ1v) is 5.52. The summed E-state index contributed by atoms with van der Waals surface area (Å²) in [7, 11) is 0. The third-order valence-electron chi connectivity index (χ3n) is 2.56. The second-order valence-corrected chi connectivity index (χ2v) is 4.02. The Hall–Kier alpha value is -1.50. The lowest BCUT2D eigenvalue weighted by Gasteiger charge is -2.18. The molecule has 0 aliphatic rings.